The van der Waals surface area contributed by atoms with Crippen LogP contribution in [0, 0.1) is 6.92 Å². The maximum Gasteiger partial charge on any atom is 0.423 e. The molecule has 0 fully saturated rings. The van der Waals surface area contributed by atoms with E-state index in [0.29, 0.717) is 5.56 Å². The predicted molar refractivity (Wildman–Crippen MR) is 106 cm³/mol. The van der Waals surface area contributed by atoms with Gasteiger partial charge in [-0.05, 0) is 36.6 Å². The number of hydrogen-bond donors (Lipinski definition) is 1. The van der Waals surface area contributed by atoms with Gasteiger partial charge in [-0.2, -0.15) is 13.2 Å². The minimum Gasteiger partial charge on any atom is -0.375 e. The zero-order valence-electron chi connectivity index (χ0n) is 15.3. The lowest BCUT2D eigenvalue weighted by atomic mass is 9.75. The summed E-state index contributed by atoms with van der Waals surface area (Å²) >= 11 is 12.2. The zero-order valence-corrected chi connectivity index (χ0v) is 16.8. The topological polar surface area (TPSA) is 46.0 Å². The predicted octanol–water partition coefficient (Wildman–Crippen LogP) is 5.87. The van der Waals surface area contributed by atoms with Crippen molar-refractivity contribution < 1.29 is 18.3 Å². The molecule has 1 aromatic heterocycles. The molecule has 0 aliphatic carbocycles. The molecule has 0 saturated carbocycles. The summed E-state index contributed by atoms with van der Waals surface area (Å²) in [6.07, 6.45) is -2.92. The molecule has 0 aliphatic rings. The number of alkyl halides is 3. The third kappa shape index (κ3) is 4.39. The smallest absolute Gasteiger partial charge is 0.375 e. The number of aryl methyl sites for hydroxylation is 1. The van der Waals surface area contributed by atoms with Crippen LogP contribution in [-0.4, -0.2) is 21.3 Å². The Kier molecular flexibility index (Phi) is 6.17. The van der Waals surface area contributed by atoms with Crippen LogP contribution in [0.25, 0.3) is 0 Å². The summed E-state index contributed by atoms with van der Waals surface area (Å²) in [6, 6.07) is 12.8. The lowest BCUT2D eigenvalue weighted by Gasteiger charge is -2.38. The van der Waals surface area contributed by atoms with E-state index < -0.39 is 23.4 Å². The lowest BCUT2D eigenvalue weighted by Crippen LogP contribution is -2.49. The van der Waals surface area contributed by atoms with Crippen LogP contribution < -0.4 is 0 Å². The maximum atomic E-state index is 14.4. The molecule has 2 unspecified atom stereocenters. The minimum atomic E-state index is -5.04. The molecular formula is C21H17Cl2F3N2O. The van der Waals surface area contributed by atoms with E-state index in [1.54, 1.807) is 30.3 Å². The molecule has 0 saturated heterocycles. The summed E-state index contributed by atoms with van der Waals surface area (Å²) in [4.78, 5) is 7.75. The highest BCUT2D eigenvalue weighted by molar-refractivity contribution is 6.35. The summed E-state index contributed by atoms with van der Waals surface area (Å²) in [7, 11) is 0. The Morgan fingerprint density at radius 3 is 2.31 bits per heavy atom. The molecule has 3 aromatic rings. The summed E-state index contributed by atoms with van der Waals surface area (Å²) in [5.41, 5.74) is -2.93. The normalized spacial score (nSPS) is 15.0. The van der Waals surface area contributed by atoms with E-state index in [-0.39, 0.29) is 27.7 Å². The molecular weight excluding hydrogens is 424 g/mol. The highest BCUT2D eigenvalue weighted by Gasteiger charge is 2.61. The molecule has 1 heterocycles. The Bertz CT molecular complexity index is 999. The first kappa shape index (κ1) is 21.6. The lowest BCUT2D eigenvalue weighted by molar-refractivity contribution is -0.277. The van der Waals surface area contributed by atoms with E-state index in [2.05, 4.69) is 9.97 Å². The first-order chi connectivity index (χ1) is 13.6. The van der Waals surface area contributed by atoms with Gasteiger partial charge in [-0.3, -0.25) is 9.97 Å². The standard InChI is InChI=1S/C21H17Cl2F3N2O/c1-13-11-27-12-19(28-13)20(29,21(24,25)26)17(9-14-5-3-2-4-6-14)16-8-7-15(22)10-18(16)23/h2-8,10-12,17,29H,9H2,1H3. The van der Waals surface area contributed by atoms with Crippen molar-refractivity contribution >= 4 is 23.2 Å². The fourth-order valence-electron chi connectivity index (χ4n) is 3.28. The molecule has 1 N–H and O–H groups in total. The van der Waals surface area contributed by atoms with E-state index in [1.165, 1.54) is 31.3 Å². The molecule has 0 amide bonds. The van der Waals surface area contributed by atoms with E-state index >= 15 is 0 Å². The Labute approximate surface area is 176 Å². The van der Waals surface area contributed by atoms with Gasteiger partial charge in [0.2, 0.25) is 5.60 Å². The van der Waals surface area contributed by atoms with E-state index in [0.717, 1.165) is 6.20 Å². The molecule has 152 valence electrons. The van der Waals surface area contributed by atoms with Crippen LogP contribution in [-0.2, 0) is 12.0 Å². The van der Waals surface area contributed by atoms with Crippen molar-refractivity contribution in [3.63, 3.8) is 0 Å². The molecule has 0 spiro atoms. The van der Waals surface area contributed by atoms with Gasteiger partial charge < -0.3 is 5.11 Å². The Morgan fingerprint density at radius 2 is 1.72 bits per heavy atom. The van der Waals surface area contributed by atoms with Crippen molar-refractivity contribution in [3.05, 3.63) is 93.5 Å². The maximum absolute atomic E-state index is 14.4. The Balaban J connectivity index is 2.25. The number of aliphatic hydroxyl groups is 1. The van der Waals surface area contributed by atoms with Crippen LogP contribution >= 0.6 is 23.2 Å². The summed E-state index contributed by atoms with van der Waals surface area (Å²) < 4.78 is 43.2. The van der Waals surface area contributed by atoms with Crippen molar-refractivity contribution in [2.24, 2.45) is 0 Å². The van der Waals surface area contributed by atoms with E-state index in [1.807, 2.05) is 0 Å². The van der Waals surface area contributed by atoms with Crippen LogP contribution in [0.3, 0.4) is 0 Å². The van der Waals surface area contributed by atoms with Gasteiger partial charge >= 0.3 is 6.18 Å². The van der Waals surface area contributed by atoms with Crippen LogP contribution in [0.1, 0.15) is 28.4 Å². The minimum absolute atomic E-state index is 0.0294. The van der Waals surface area contributed by atoms with Crippen molar-refractivity contribution in [1.29, 1.82) is 0 Å². The van der Waals surface area contributed by atoms with E-state index in [9.17, 15) is 18.3 Å². The molecule has 3 nitrogen and oxygen atoms in total. The van der Waals surface area contributed by atoms with Gasteiger partial charge in [-0.1, -0.05) is 59.6 Å². The second-order valence-electron chi connectivity index (χ2n) is 6.72. The highest BCUT2D eigenvalue weighted by atomic mass is 35.5. The third-order valence-electron chi connectivity index (χ3n) is 4.70. The fraction of sp³-hybridized carbons (Fsp3) is 0.238. The molecule has 8 heteroatoms. The summed E-state index contributed by atoms with van der Waals surface area (Å²) in [6.45, 7) is 1.51. The van der Waals surface area contributed by atoms with Crippen LogP contribution in [0.15, 0.2) is 60.9 Å². The average Bonchev–Trinajstić information content (AvgIpc) is 2.66. The first-order valence-electron chi connectivity index (χ1n) is 8.70. The van der Waals surface area contributed by atoms with Crippen molar-refractivity contribution in [2.45, 2.75) is 31.0 Å². The Morgan fingerprint density at radius 1 is 1.03 bits per heavy atom. The van der Waals surface area contributed by atoms with Crippen LogP contribution in [0.5, 0.6) is 0 Å². The number of hydrogen-bond acceptors (Lipinski definition) is 3. The van der Waals surface area contributed by atoms with Gasteiger partial charge in [0.15, 0.2) is 0 Å². The Hall–Kier alpha value is -2.15. The van der Waals surface area contributed by atoms with Crippen molar-refractivity contribution in [2.75, 3.05) is 0 Å². The molecule has 2 atom stereocenters. The first-order valence-corrected chi connectivity index (χ1v) is 9.45. The second kappa shape index (κ2) is 8.30. The van der Waals surface area contributed by atoms with Gasteiger partial charge in [-0.15, -0.1) is 0 Å². The SMILES string of the molecule is Cc1cncc(C(O)(C(Cc2ccccc2)c2ccc(Cl)cc2Cl)C(F)(F)F)n1. The molecule has 0 radical (unpaired) electrons. The quantitative estimate of drug-likeness (QED) is 0.539. The number of rotatable bonds is 5. The van der Waals surface area contributed by atoms with Gasteiger partial charge in [0.05, 0.1) is 11.9 Å². The summed E-state index contributed by atoms with van der Waals surface area (Å²) in [5.74, 6) is -1.48. The number of aromatic nitrogens is 2. The fourth-order valence-corrected chi connectivity index (χ4v) is 3.83. The number of nitrogens with zero attached hydrogens (tertiary/aromatic N) is 2. The zero-order chi connectivity index (χ0) is 21.2. The number of halogens is 5. The monoisotopic (exact) mass is 440 g/mol. The van der Waals surface area contributed by atoms with Gasteiger partial charge in [0, 0.05) is 22.2 Å². The molecule has 3 rings (SSSR count). The second-order valence-corrected chi connectivity index (χ2v) is 7.56. The van der Waals surface area contributed by atoms with Gasteiger partial charge in [-0.25, -0.2) is 0 Å². The molecule has 29 heavy (non-hydrogen) atoms. The number of benzene rings is 2. The largest absolute Gasteiger partial charge is 0.423 e. The van der Waals surface area contributed by atoms with Gasteiger partial charge in [0.1, 0.15) is 5.69 Å². The third-order valence-corrected chi connectivity index (χ3v) is 5.26. The molecule has 0 bridgehead atoms. The van der Waals surface area contributed by atoms with Crippen molar-refractivity contribution in [3.8, 4) is 0 Å². The van der Waals surface area contributed by atoms with E-state index in [4.69, 9.17) is 23.2 Å². The van der Waals surface area contributed by atoms with Crippen molar-refractivity contribution in [1.82, 2.24) is 9.97 Å². The summed E-state index contributed by atoms with van der Waals surface area (Å²) in [5, 5.41) is 11.5. The molecule has 2 aromatic carbocycles. The highest BCUT2D eigenvalue weighted by Crippen LogP contribution is 2.50. The van der Waals surface area contributed by atoms with Crippen LogP contribution in [0.2, 0.25) is 10.0 Å². The average molecular weight is 441 g/mol. The molecule has 0 aliphatic heterocycles. The van der Waals surface area contributed by atoms with Gasteiger partial charge in [0.25, 0.3) is 0 Å². The van der Waals surface area contributed by atoms with Crippen LogP contribution in [0.4, 0.5) is 13.2 Å².